The topological polar surface area (TPSA) is 49.8 Å². The van der Waals surface area contributed by atoms with E-state index in [-0.39, 0.29) is 12.0 Å². The first-order chi connectivity index (χ1) is 9.19. The Bertz CT molecular complexity index is 408. The van der Waals surface area contributed by atoms with Crippen LogP contribution in [0.4, 0.5) is 0 Å². The van der Waals surface area contributed by atoms with E-state index in [0.717, 1.165) is 17.7 Å². The van der Waals surface area contributed by atoms with Gasteiger partial charge in [0.05, 0.1) is 13.2 Å². The molecule has 0 saturated carbocycles. The second-order valence-corrected chi connectivity index (χ2v) is 4.96. The third-order valence-electron chi connectivity index (χ3n) is 3.60. The summed E-state index contributed by atoms with van der Waals surface area (Å²) in [6, 6.07) is 7.81. The molecule has 1 saturated heterocycles. The molecule has 1 aromatic carbocycles. The van der Waals surface area contributed by atoms with Gasteiger partial charge in [0, 0.05) is 19.5 Å². The molecule has 19 heavy (non-hydrogen) atoms. The number of likely N-dealkylation sites (tertiary alicyclic amines) is 1. The molecule has 4 heteroatoms. The minimum Gasteiger partial charge on any atom is -0.497 e. The highest BCUT2D eigenvalue weighted by Crippen LogP contribution is 2.15. The van der Waals surface area contributed by atoms with Crippen LogP contribution in [0.2, 0.25) is 0 Å². The SMILES string of the molecule is COc1ccc(CCC(=O)N2CCC(O)CC2)cc1. The molecule has 104 valence electrons. The number of aliphatic hydroxyl groups excluding tert-OH is 1. The fourth-order valence-electron chi connectivity index (χ4n) is 2.32. The Balaban J connectivity index is 1.79. The molecule has 0 radical (unpaired) electrons. The number of aryl methyl sites for hydroxylation is 1. The Morgan fingerprint density at radius 3 is 2.53 bits per heavy atom. The van der Waals surface area contributed by atoms with Gasteiger partial charge in [-0.15, -0.1) is 0 Å². The average Bonchev–Trinajstić information content (AvgIpc) is 2.46. The van der Waals surface area contributed by atoms with Crippen molar-refractivity contribution in [3.63, 3.8) is 0 Å². The van der Waals surface area contributed by atoms with Crippen LogP contribution in [0.15, 0.2) is 24.3 Å². The Morgan fingerprint density at radius 1 is 1.32 bits per heavy atom. The van der Waals surface area contributed by atoms with Gasteiger partial charge >= 0.3 is 0 Å². The number of carbonyl (C=O) groups excluding carboxylic acids is 1. The average molecular weight is 263 g/mol. The predicted molar refractivity (Wildman–Crippen MR) is 73.1 cm³/mol. The molecule has 1 aliphatic rings. The summed E-state index contributed by atoms with van der Waals surface area (Å²) in [5, 5.41) is 9.42. The summed E-state index contributed by atoms with van der Waals surface area (Å²) in [4.78, 5) is 13.9. The van der Waals surface area contributed by atoms with E-state index in [9.17, 15) is 9.90 Å². The summed E-state index contributed by atoms with van der Waals surface area (Å²) in [6.45, 7) is 1.37. The van der Waals surface area contributed by atoms with Crippen LogP contribution in [0.25, 0.3) is 0 Å². The van der Waals surface area contributed by atoms with Gasteiger partial charge in [-0.2, -0.15) is 0 Å². The van der Waals surface area contributed by atoms with Gasteiger partial charge in [0.15, 0.2) is 0 Å². The van der Waals surface area contributed by atoms with Crippen molar-refractivity contribution in [2.24, 2.45) is 0 Å². The summed E-state index contributed by atoms with van der Waals surface area (Å²) in [6.07, 6.45) is 2.46. The lowest BCUT2D eigenvalue weighted by Crippen LogP contribution is -2.40. The molecule has 0 aromatic heterocycles. The second-order valence-electron chi connectivity index (χ2n) is 4.96. The van der Waals surface area contributed by atoms with E-state index in [1.165, 1.54) is 0 Å². The molecule has 0 bridgehead atoms. The molecular weight excluding hydrogens is 242 g/mol. The van der Waals surface area contributed by atoms with Crippen molar-refractivity contribution in [1.29, 1.82) is 0 Å². The molecule has 1 heterocycles. The lowest BCUT2D eigenvalue weighted by molar-refractivity contribution is -0.133. The van der Waals surface area contributed by atoms with Crippen LogP contribution < -0.4 is 4.74 Å². The number of nitrogens with zero attached hydrogens (tertiary/aromatic N) is 1. The summed E-state index contributed by atoms with van der Waals surface area (Å²) in [5.74, 6) is 1.02. The van der Waals surface area contributed by atoms with Gasteiger partial charge in [0.1, 0.15) is 5.75 Å². The van der Waals surface area contributed by atoms with Gasteiger partial charge in [-0.3, -0.25) is 4.79 Å². The fraction of sp³-hybridized carbons (Fsp3) is 0.533. The van der Waals surface area contributed by atoms with Gasteiger partial charge < -0.3 is 14.7 Å². The first-order valence-electron chi connectivity index (χ1n) is 6.78. The normalized spacial score (nSPS) is 16.4. The molecule has 1 amide bonds. The van der Waals surface area contributed by atoms with Crippen molar-refractivity contribution in [3.8, 4) is 5.75 Å². The lowest BCUT2D eigenvalue weighted by Gasteiger charge is -2.29. The largest absolute Gasteiger partial charge is 0.497 e. The maximum Gasteiger partial charge on any atom is 0.222 e. The lowest BCUT2D eigenvalue weighted by atomic mass is 10.1. The van der Waals surface area contributed by atoms with Gasteiger partial charge in [-0.1, -0.05) is 12.1 Å². The van der Waals surface area contributed by atoms with Gasteiger partial charge in [-0.05, 0) is 37.0 Å². The quantitative estimate of drug-likeness (QED) is 0.898. The number of piperidine rings is 1. The standard InChI is InChI=1S/C15H21NO3/c1-19-14-5-2-12(3-6-14)4-7-15(18)16-10-8-13(17)9-11-16/h2-3,5-6,13,17H,4,7-11H2,1H3. The maximum absolute atomic E-state index is 12.0. The number of benzene rings is 1. The Morgan fingerprint density at radius 2 is 1.95 bits per heavy atom. The van der Waals surface area contributed by atoms with Crippen LogP contribution in [0.5, 0.6) is 5.75 Å². The fourth-order valence-corrected chi connectivity index (χ4v) is 2.32. The van der Waals surface area contributed by atoms with Crippen LogP contribution in [-0.2, 0) is 11.2 Å². The van der Waals surface area contributed by atoms with Gasteiger partial charge in [0.25, 0.3) is 0 Å². The summed E-state index contributed by atoms with van der Waals surface area (Å²) >= 11 is 0. The zero-order chi connectivity index (χ0) is 13.7. The maximum atomic E-state index is 12.0. The van der Waals surface area contributed by atoms with Crippen molar-refractivity contribution in [2.45, 2.75) is 31.8 Å². The predicted octanol–water partition coefficient (Wildman–Crippen LogP) is 1.61. The van der Waals surface area contributed by atoms with Crippen molar-refractivity contribution >= 4 is 5.91 Å². The van der Waals surface area contributed by atoms with Crippen LogP contribution in [0.1, 0.15) is 24.8 Å². The highest BCUT2D eigenvalue weighted by atomic mass is 16.5. The van der Waals surface area contributed by atoms with Gasteiger partial charge in [-0.25, -0.2) is 0 Å². The Kier molecular flexibility index (Phi) is 4.80. The van der Waals surface area contributed by atoms with Crippen molar-refractivity contribution in [3.05, 3.63) is 29.8 Å². The molecule has 1 fully saturated rings. The summed E-state index contributed by atoms with van der Waals surface area (Å²) < 4.78 is 5.10. The zero-order valence-electron chi connectivity index (χ0n) is 11.3. The Hall–Kier alpha value is -1.55. The van der Waals surface area contributed by atoms with E-state index in [4.69, 9.17) is 4.74 Å². The molecule has 0 unspecified atom stereocenters. The monoisotopic (exact) mass is 263 g/mol. The van der Waals surface area contributed by atoms with Crippen LogP contribution in [0, 0.1) is 0 Å². The Labute approximate surface area is 114 Å². The molecule has 2 rings (SSSR count). The van der Waals surface area contributed by atoms with Gasteiger partial charge in [0.2, 0.25) is 5.91 Å². The number of carbonyl (C=O) groups is 1. The molecule has 1 aromatic rings. The van der Waals surface area contributed by atoms with E-state index >= 15 is 0 Å². The zero-order valence-corrected chi connectivity index (χ0v) is 11.3. The highest BCUT2D eigenvalue weighted by Gasteiger charge is 2.20. The number of hydrogen-bond acceptors (Lipinski definition) is 3. The van der Waals surface area contributed by atoms with Crippen LogP contribution in [0.3, 0.4) is 0 Å². The van der Waals surface area contributed by atoms with E-state index < -0.39 is 0 Å². The molecule has 1 aliphatic heterocycles. The molecule has 4 nitrogen and oxygen atoms in total. The number of ether oxygens (including phenoxy) is 1. The first-order valence-corrected chi connectivity index (χ1v) is 6.78. The first kappa shape index (κ1) is 13.9. The number of aliphatic hydroxyl groups is 1. The van der Waals surface area contributed by atoms with Crippen molar-refractivity contribution in [1.82, 2.24) is 4.90 Å². The number of methoxy groups -OCH3 is 1. The summed E-state index contributed by atoms with van der Waals surface area (Å²) in [5.41, 5.74) is 1.14. The number of rotatable bonds is 4. The third kappa shape index (κ3) is 3.96. The minimum atomic E-state index is -0.231. The van der Waals surface area contributed by atoms with E-state index in [1.54, 1.807) is 7.11 Å². The number of hydrogen-bond donors (Lipinski definition) is 1. The smallest absolute Gasteiger partial charge is 0.222 e. The van der Waals surface area contributed by atoms with Crippen LogP contribution >= 0.6 is 0 Å². The minimum absolute atomic E-state index is 0.183. The van der Waals surface area contributed by atoms with Crippen molar-refractivity contribution in [2.75, 3.05) is 20.2 Å². The van der Waals surface area contributed by atoms with Crippen LogP contribution in [-0.4, -0.2) is 42.2 Å². The van der Waals surface area contributed by atoms with E-state index in [1.807, 2.05) is 29.2 Å². The molecule has 0 spiro atoms. The van der Waals surface area contributed by atoms with E-state index in [2.05, 4.69) is 0 Å². The van der Waals surface area contributed by atoms with E-state index in [0.29, 0.717) is 32.4 Å². The van der Waals surface area contributed by atoms with Crippen molar-refractivity contribution < 1.29 is 14.6 Å². The molecule has 0 aliphatic carbocycles. The molecule has 1 N–H and O–H groups in total. The number of amides is 1. The molecular formula is C15H21NO3. The second kappa shape index (κ2) is 6.57. The summed E-state index contributed by atoms with van der Waals surface area (Å²) in [7, 11) is 1.64. The molecule has 0 atom stereocenters. The third-order valence-corrected chi connectivity index (χ3v) is 3.60. The highest BCUT2D eigenvalue weighted by molar-refractivity contribution is 5.76.